The van der Waals surface area contributed by atoms with Crippen LogP contribution < -0.4 is 10.6 Å². The zero-order chi connectivity index (χ0) is 12.4. The van der Waals surface area contributed by atoms with Crippen LogP contribution in [0, 0.1) is 17.1 Å². The lowest BCUT2D eigenvalue weighted by Crippen LogP contribution is -2.36. The van der Waals surface area contributed by atoms with Crippen molar-refractivity contribution in [2.75, 3.05) is 23.7 Å². The van der Waals surface area contributed by atoms with E-state index in [1.54, 1.807) is 0 Å². The Morgan fingerprint density at radius 1 is 1.41 bits per heavy atom. The molecule has 4 nitrogen and oxygen atoms in total. The van der Waals surface area contributed by atoms with Gasteiger partial charge >= 0.3 is 0 Å². The largest absolute Gasteiger partial charge is 0.396 e. The van der Waals surface area contributed by atoms with Gasteiger partial charge < -0.3 is 15.7 Å². The molecule has 1 heterocycles. The summed E-state index contributed by atoms with van der Waals surface area (Å²) in [6.07, 6.45) is 1.03. The van der Waals surface area contributed by atoms with Crippen molar-refractivity contribution in [2.45, 2.75) is 18.9 Å². The minimum absolute atomic E-state index is 0.0464. The number of aliphatic hydroxyl groups excluding tert-OH is 1. The van der Waals surface area contributed by atoms with Crippen LogP contribution in [0.2, 0.25) is 0 Å². The van der Waals surface area contributed by atoms with E-state index in [0.29, 0.717) is 31.6 Å². The van der Waals surface area contributed by atoms with Gasteiger partial charge in [0.2, 0.25) is 0 Å². The molecule has 1 aromatic rings. The van der Waals surface area contributed by atoms with Crippen LogP contribution in [0.5, 0.6) is 0 Å². The van der Waals surface area contributed by atoms with Crippen LogP contribution in [0.4, 0.5) is 15.8 Å². The van der Waals surface area contributed by atoms with Gasteiger partial charge in [-0.05, 0) is 25.0 Å². The maximum Gasteiger partial charge on any atom is 0.147 e. The first-order valence-corrected chi connectivity index (χ1v) is 5.54. The number of nitriles is 1. The fraction of sp³-hybridized carbons (Fsp3) is 0.417. The minimum atomic E-state index is -0.567. The number of nitrogens with zero attached hydrogens (tertiary/aromatic N) is 2. The fourth-order valence-corrected chi connectivity index (χ4v) is 2.04. The predicted molar refractivity (Wildman–Crippen MR) is 63.0 cm³/mol. The standard InChI is InChI=1S/C12H14FN3O/c13-10-5-8(7-14)12(6-11(10)15)16-3-1-9(17)2-4-16/h5-6,9,17H,1-4,15H2. The summed E-state index contributed by atoms with van der Waals surface area (Å²) in [7, 11) is 0. The van der Waals surface area contributed by atoms with Gasteiger partial charge in [-0.3, -0.25) is 0 Å². The molecular weight excluding hydrogens is 221 g/mol. The summed E-state index contributed by atoms with van der Waals surface area (Å²) >= 11 is 0. The molecule has 1 aliphatic heterocycles. The Kier molecular flexibility index (Phi) is 3.16. The van der Waals surface area contributed by atoms with Gasteiger partial charge in [-0.15, -0.1) is 0 Å². The van der Waals surface area contributed by atoms with Gasteiger partial charge in [0.05, 0.1) is 23.0 Å². The highest BCUT2D eigenvalue weighted by atomic mass is 19.1. The number of piperidine rings is 1. The number of aliphatic hydroxyl groups is 1. The first-order chi connectivity index (χ1) is 8.11. The molecule has 0 saturated carbocycles. The lowest BCUT2D eigenvalue weighted by molar-refractivity contribution is 0.145. The molecular formula is C12H14FN3O. The Bertz CT molecular complexity index is 462. The molecule has 0 bridgehead atoms. The van der Waals surface area contributed by atoms with Crippen LogP contribution in [0.3, 0.4) is 0 Å². The summed E-state index contributed by atoms with van der Waals surface area (Å²) in [4.78, 5) is 1.96. The zero-order valence-corrected chi connectivity index (χ0v) is 9.36. The highest BCUT2D eigenvalue weighted by Crippen LogP contribution is 2.27. The van der Waals surface area contributed by atoms with Crippen molar-refractivity contribution in [1.82, 2.24) is 0 Å². The summed E-state index contributed by atoms with van der Waals surface area (Å²) < 4.78 is 13.2. The molecule has 0 spiro atoms. The van der Waals surface area contributed by atoms with Gasteiger partial charge in [0, 0.05) is 13.1 Å². The molecule has 1 saturated heterocycles. The van der Waals surface area contributed by atoms with Crippen molar-refractivity contribution in [3.05, 3.63) is 23.5 Å². The molecule has 1 aromatic carbocycles. The van der Waals surface area contributed by atoms with E-state index >= 15 is 0 Å². The van der Waals surface area contributed by atoms with Crippen molar-refractivity contribution < 1.29 is 9.50 Å². The van der Waals surface area contributed by atoms with E-state index in [-0.39, 0.29) is 17.4 Å². The molecule has 0 amide bonds. The van der Waals surface area contributed by atoms with Crippen molar-refractivity contribution >= 4 is 11.4 Å². The number of rotatable bonds is 1. The highest BCUT2D eigenvalue weighted by Gasteiger charge is 2.20. The SMILES string of the molecule is N#Cc1cc(F)c(N)cc1N1CCC(O)CC1. The van der Waals surface area contributed by atoms with Crippen molar-refractivity contribution in [1.29, 1.82) is 5.26 Å². The smallest absolute Gasteiger partial charge is 0.147 e. The van der Waals surface area contributed by atoms with E-state index < -0.39 is 5.82 Å². The molecule has 0 unspecified atom stereocenters. The molecule has 2 rings (SSSR count). The first kappa shape index (κ1) is 11.7. The van der Waals surface area contributed by atoms with Crippen molar-refractivity contribution in [3.63, 3.8) is 0 Å². The molecule has 3 N–H and O–H groups in total. The predicted octanol–water partition coefficient (Wildman–Crippen LogP) is 1.24. The van der Waals surface area contributed by atoms with Gasteiger partial charge in [0.15, 0.2) is 0 Å². The second-order valence-corrected chi connectivity index (χ2v) is 4.22. The molecule has 0 aromatic heterocycles. The van der Waals surface area contributed by atoms with Crippen LogP contribution in [0.15, 0.2) is 12.1 Å². The Morgan fingerprint density at radius 2 is 2.06 bits per heavy atom. The number of anilines is 2. The van der Waals surface area contributed by atoms with E-state index in [0.717, 1.165) is 6.07 Å². The van der Waals surface area contributed by atoms with Gasteiger partial charge in [-0.25, -0.2) is 4.39 Å². The van der Waals surface area contributed by atoms with Crippen LogP contribution in [-0.4, -0.2) is 24.3 Å². The molecule has 1 fully saturated rings. The van der Waals surface area contributed by atoms with Crippen LogP contribution in [0.25, 0.3) is 0 Å². The van der Waals surface area contributed by atoms with E-state index in [1.165, 1.54) is 6.07 Å². The maximum atomic E-state index is 13.2. The normalized spacial score (nSPS) is 16.9. The number of hydrogen-bond donors (Lipinski definition) is 2. The number of halogens is 1. The second-order valence-electron chi connectivity index (χ2n) is 4.22. The molecule has 1 aliphatic rings. The summed E-state index contributed by atoms with van der Waals surface area (Å²) in [5.41, 5.74) is 6.50. The monoisotopic (exact) mass is 235 g/mol. The Labute approximate surface area is 99.1 Å². The van der Waals surface area contributed by atoms with Crippen molar-refractivity contribution in [2.24, 2.45) is 0 Å². The molecule has 0 radical (unpaired) electrons. The van der Waals surface area contributed by atoms with Gasteiger partial charge in [-0.1, -0.05) is 0 Å². The third-order valence-electron chi connectivity index (χ3n) is 3.04. The number of benzene rings is 1. The Balaban J connectivity index is 2.32. The molecule has 17 heavy (non-hydrogen) atoms. The highest BCUT2D eigenvalue weighted by molar-refractivity contribution is 5.66. The molecule has 0 atom stereocenters. The Morgan fingerprint density at radius 3 is 2.65 bits per heavy atom. The quantitative estimate of drug-likeness (QED) is 0.718. The Hall–Kier alpha value is -1.80. The summed E-state index contributed by atoms with van der Waals surface area (Å²) in [5, 5.41) is 18.4. The first-order valence-electron chi connectivity index (χ1n) is 5.54. The van der Waals surface area contributed by atoms with Crippen LogP contribution >= 0.6 is 0 Å². The summed E-state index contributed by atoms with van der Waals surface area (Å²) in [6.45, 7) is 1.31. The third-order valence-corrected chi connectivity index (χ3v) is 3.04. The number of nitrogen functional groups attached to an aromatic ring is 1. The molecule has 90 valence electrons. The van der Waals surface area contributed by atoms with Crippen LogP contribution in [-0.2, 0) is 0 Å². The van der Waals surface area contributed by atoms with Crippen LogP contribution in [0.1, 0.15) is 18.4 Å². The second kappa shape index (κ2) is 4.60. The zero-order valence-electron chi connectivity index (χ0n) is 9.36. The number of hydrogen-bond acceptors (Lipinski definition) is 4. The molecule has 0 aliphatic carbocycles. The van der Waals surface area contributed by atoms with Crippen molar-refractivity contribution in [3.8, 4) is 6.07 Å². The van der Waals surface area contributed by atoms with Gasteiger partial charge in [0.1, 0.15) is 11.9 Å². The molecule has 5 heteroatoms. The van der Waals surface area contributed by atoms with Gasteiger partial charge in [0.25, 0.3) is 0 Å². The van der Waals surface area contributed by atoms with E-state index in [1.807, 2.05) is 11.0 Å². The third kappa shape index (κ3) is 2.32. The fourth-order valence-electron chi connectivity index (χ4n) is 2.04. The van der Waals surface area contributed by atoms with E-state index in [4.69, 9.17) is 11.0 Å². The average Bonchev–Trinajstić information content (AvgIpc) is 2.33. The van der Waals surface area contributed by atoms with E-state index in [9.17, 15) is 9.50 Å². The summed E-state index contributed by atoms with van der Waals surface area (Å²) in [5.74, 6) is -0.567. The topological polar surface area (TPSA) is 73.3 Å². The van der Waals surface area contributed by atoms with Gasteiger partial charge in [-0.2, -0.15) is 5.26 Å². The lowest BCUT2D eigenvalue weighted by atomic mass is 10.0. The maximum absolute atomic E-state index is 13.2. The minimum Gasteiger partial charge on any atom is -0.396 e. The number of nitrogens with two attached hydrogens (primary N) is 1. The lowest BCUT2D eigenvalue weighted by Gasteiger charge is -2.32. The van der Waals surface area contributed by atoms with E-state index in [2.05, 4.69) is 0 Å². The average molecular weight is 235 g/mol. The summed E-state index contributed by atoms with van der Waals surface area (Å²) in [6, 6.07) is 4.63.